The largest absolute Gasteiger partial charge is 0.323 e. The van der Waals surface area contributed by atoms with Crippen LogP contribution >= 0.6 is 11.3 Å². The summed E-state index contributed by atoms with van der Waals surface area (Å²) >= 11 is 1.38. The molecule has 1 aliphatic heterocycles. The predicted molar refractivity (Wildman–Crippen MR) is 68.7 cm³/mol. The predicted octanol–water partition coefficient (Wildman–Crippen LogP) is 1.30. The third kappa shape index (κ3) is 2.28. The molecule has 3 rings (SSSR count). The first-order chi connectivity index (χ1) is 9.26. The Kier molecular flexibility index (Phi) is 2.89. The quantitative estimate of drug-likeness (QED) is 0.894. The summed E-state index contributed by atoms with van der Waals surface area (Å²) < 4.78 is 1.73. The molecule has 3 heterocycles. The van der Waals surface area contributed by atoms with Crippen LogP contribution in [0.15, 0.2) is 24.0 Å². The third-order valence-corrected chi connectivity index (χ3v) is 3.59. The number of carbonyl (C=O) groups is 1. The van der Waals surface area contributed by atoms with Gasteiger partial charge in [0.05, 0.1) is 17.8 Å². The molecule has 2 amide bonds. The van der Waals surface area contributed by atoms with Gasteiger partial charge in [0.2, 0.25) is 0 Å². The maximum absolute atomic E-state index is 11.8. The van der Waals surface area contributed by atoms with E-state index >= 15 is 0 Å². The fourth-order valence-corrected chi connectivity index (χ4v) is 2.36. The first-order valence-corrected chi connectivity index (χ1v) is 6.54. The zero-order valence-corrected chi connectivity index (χ0v) is 10.7. The molecule has 96 valence electrons. The van der Waals surface area contributed by atoms with Crippen LogP contribution < -0.4 is 5.32 Å². The highest BCUT2D eigenvalue weighted by molar-refractivity contribution is 7.13. The van der Waals surface area contributed by atoms with E-state index in [1.807, 2.05) is 11.4 Å². The lowest BCUT2D eigenvalue weighted by Gasteiger charge is -2.38. The highest BCUT2D eigenvalue weighted by Gasteiger charge is 2.32. The molecular weight excluding hydrogens is 264 g/mol. The molecule has 0 saturated carbocycles. The second-order valence-electron chi connectivity index (χ2n) is 4.15. The minimum atomic E-state index is -0.154. The molecule has 0 radical (unpaired) electrons. The normalized spacial score (nSPS) is 14.8. The van der Waals surface area contributed by atoms with Crippen molar-refractivity contribution in [3.63, 3.8) is 0 Å². The number of nitrogens with one attached hydrogen (secondary N) is 1. The Morgan fingerprint density at radius 2 is 2.42 bits per heavy atom. The summed E-state index contributed by atoms with van der Waals surface area (Å²) in [5, 5.41) is 18.0. The summed E-state index contributed by atoms with van der Waals surface area (Å²) in [5.41, 5.74) is 0.533. The van der Waals surface area contributed by atoms with Crippen LogP contribution in [0, 0.1) is 11.3 Å². The molecular formula is C11H10N6OS. The highest BCUT2D eigenvalue weighted by Crippen LogP contribution is 2.22. The van der Waals surface area contributed by atoms with Gasteiger partial charge >= 0.3 is 6.03 Å². The second kappa shape index (κ2) is 4.70. The molecule has 7 nitrogen and oxygen atoms in total. The third-order valence-electron chi connectivity index (χ3n) is 2.90. The van der Waals surface area contributed by atoms with Crippen LogP contribution in [0.4, 0.5) is 9.93 Å². The Morgan fingerprint density at radius 1 is 1.58 bits per heavy atom. The van der Waals surface area contributed by atoms with Crippen LogP contribution in [0.3, 0.4) is 0 Å². The summed E-state index contributed by atoms with van der Waals surface area (Å²) in [6, 6.07) is 2.02. The lowest BCUT2D eigenvalue weighted by atomic mass is 10.1. The van der Waals surface area contributed by atoms with Gasteiger partial charge in [0, 0.05) is 30.9 Å². The number of amides is 2. The maximum atomic E-state index is 11.8. The fraction of sp³-hybridized carbons (Fsp3) is 0.273. The van der Waals surface area contributed by atoms with E-state index in [2.05, 4.69) is 15.4 Å². The van der Waals surface area contributed by atoms with E-state index in [0.717, 1.165) is 0 Å². The number of hydrogen-bond donors (Lipinski definition) is 1. The highest BCUT2D eigenvalue weighted by atomic mass is 32.1. The van der Waals surface area contributed by atoms with Crippen molar-refractivity contribution in [3.05, 3.63) is 29.5 Å². The zero-order valence-electron chi connectivity index (χ0n) is 9.85. The van der Waals surface area contributed by atoms with E-state index in [1.54, 1.807) is 22.0 Å². The van der Waals surface area contributed by atoms with Gasteiger partial charge in [-0.2, -0.15) is 10.4 Å². The van der Waals surface area contributed by atoms with Crippen LogP contribution in [0.25, 0.3) is 0 Å². The van der Waals surface area contributed by atoms with Gasteiger partial charge < -0.3 is 4.90 Å². The van der Waals surface area contributed by atoms with Gasteiger partial charge in [0.15, 0.2) is 5.13 Å². The van der Waals surface area contributed by atoms with Crippen molar-refractivity contribution >= 4 is 22.5 Å². The Balaban J connectivity index is 1.55. The Hall–Kier alpha value is -2.40. The minimum Gasteiger partial charge on any atom is -0.320 e. The number of aromatic nitrogens is 3. The number of likely N-dealkylation sites (tertiary alicyclic amines) is 1. The molecule has 2 aromatic rings. The van der Waals surface area contributed by atoms with Crippen molar-refractivity contribution in [2.75, 3.05) is 18.4 Å². The van der Waals surface area contributed by atoms with E-state index in [4.69, 9.17) is 5.26 Å². The maximum Gasteiger partial charge on any atom is 0.323 e. The fourth-order valence-electron chi connectivity index (χ4n) is 1.84. The topological polar surface area (TPSA) is 86.8 Å². The van der Waals surface area contributed by atoms with Crippen molar-refractivity contribution in [3.8, 4) is 6.07 Å². The smallest absolute Gasteiger partial charge is 0.320 e. The Morgan fingerprint density at radius 3 is 3.05 bits per heavy atom. The molecule has 19 heavy (non-hydrogen) atoms. The van der Waals surface area contributed by atoms with Gasteiger partial charge in [-0.1, -0.05) is 0 Å². The van der Waals surface area contributed by atoms with Crippen LogP contribution in [-0.4, -0.2) is 38.8 Å². The van der Waals surface area contributed by atoms with E-state index in [0.29, 0.717) is 23.8 Å². The summed E-state index contributed by atoms with van der Waals surface area (Å²) in [7, 11) is 0. The molecule has 0 bridgehead atoms. The molecule has 0 unspecified atom stereocenters. The lowest BCUT2D eigenvalue weighted by molar-refractivity contribution is 0.128. The van der Waals surface area contributed by atoms with E-state index in [1.165, 1.54) is 17.5 Å². The van der Waals surface area contributed by atoms with E-state index < -0.39 is 0 Å². The van der Waals surface area contributed by atoms with Gasteiger partial charge in [0.1, 0.15) is 6.07 Å². The minimum absolute atomic E-state index is 0.143. The van der Waals surface area contributed by atoms with E-state index in [9.17, 15) is 4.79 Å². The second-order valence-corrected chi connectivity index (χ2v) is 5.04. The summed E-state index contributed by atoms with van der Waals surface area (Å²) in [6.45, 7) is 1.17. The van der Waals surface area contributed by atoms with E-state index in [-0.39, 0.29) is 12.1 Å². The Bertz CT molecular complexity index is 622. The number of anilines is 1. The van der Waals surface area contributed by atoms with Gasteiger partial charge in [-0.25, -0.2) is 9.78 Å². The SMILES string of the molecule is N#Cc1cnn(C2CN(C(=O)Nc3nccs3)C2)c1. The molecule has 1 aliphatic rings. The van der Waals surface area contributed by atoms with Gasteiger partial charge in [-0.3, -0.25) is 10.00 Å². The molecule has 1 N–H and O–H groups in total. The summed E-state index contributed by atoms with van der Waals surface area (Å²) in [6.07, 6.45) is 4.87. The average Bonchev–Trinajstić information content (AvgIpc) is 2.98. The van der Waals surface area contributed by atoms with Crippen molar-refractivity contribution < 1.29 is 4.79 Å². The number of rotatable bonds is 2. The van der Waals surface area contributed by atoms with Crippen LogP contribution in [0.5, 0.6) is 0 Å². The summed E-state index contributed by atoms with van der Waals surface area (Å²) in [5.74, 6) is 0. The van der Waals surface area contributed by atoms with Gasteiger partial charge in [-0.05, 0) is 0 Å². The average molecular weight is 274 g/mol. The summed E-state index contributed by atoms with van der Waals surface area (Å²) in [4.78, 5) is 17.5. The first kappa shape index (κ1) is 11.7. The van der Waals surface area contributed by atoms with Gasteiger partial charge in [-0.15, -0.1) is 11.3 Å². The number of carbonyl (C=O) groups excluding carboxylic acids is 1. The standard InChI is InChI=1S/C11H10N6OS/c12-3-8-4-14-17(5-8)9-6-16(7-9)11(18)15-10-13-1-2-19-10/h1-2,4-5,9H,6-7H2,(H,13,15,18). The number of urea groups is 1. The molecule has 1 saturated heterocycles. The van der Waals surface area contributed by atoms with Crippen molar-refractivity contribution in [1.29, 1.82) is 5.26 Å². The number of nitriles is 1. The van der Waals surface area contributed by atoms with Crippen molar-refractivity contribution in [2.24, 2.45) is 0 Å². The lowest BCUT2D eigenvalue weighted by Crippen LogP contribution is -2.52. The molecule has 0 spiro atoms. The molecule has 2 aromatic heterocycles. The molecule has 0 atom stereocenters. The van der Waals surface area contributed by atoms with Crippen LogP contribution in [0.1, 0.15) is 11.6 Å². The van der Waals surface area contributed by atoms with Crippen LogP contribution in [-0.2, 0) is 0 Å². The monoisotopic (exact) mass is 274 g/mol. The Labute approximate surface area is 113 Å². The molecule has 8 heteroatoms. The molecule has 0 aromatic carbocycles. The van der Waals surface area contributed by atoms with Crippen LogP contribution in [0.2, 0.25) is 0 Å². The van der Waals surface area contributed by atoms with Gasteiger partial charge in [0.25, 0.3) is 0 Å². The molecule has 1 fully saturated rings. The number of hydrogen-bond acceptors (Lipinski definition) is 5. The number of thiazole rings is 1. The zero-order chi connectivity index (χ0) is 13.2. The first-order valence-electron chi connectivity index (χ1n) is 5.66. The van der Waals surface area contributed by atoms with Crippen molar-refractivity contribution in [2.45, 2.75) is 6.04 Å². The van der Waals surface area contributed by atoms with Crippen molar-refractivity contribution in [1.82, 2.24) is 19.7 Å². The molecule has 0 aliphatic carbocycles. The number of nitrogens with zero attached hydrogens (tertiary/aromatic N) is 5.